The van der Waals surface area contributed by atoms with E-state index in [1.807, 2.05) is 6.07 Å². The molecule has 2 aromatic rings. The standard InChI is InChI=1S/C13H12BrFS/c1-9-7-16-8-12(9)13(14)6-10-3-2-4-11(15)5-10/h2-5,7-8,13H,6H2,1H3. The molecule has 0 spiro atoms. The second-order valence-corrected chi connectivity index (χ2v) is 5.66. The molecule has 0 radical (unpaired) electrons. The van der Waals surface area contributed by atoms with E-state index in [4.69, 9.17) is 0 Å². The van der Waals surface area contributed by atoms with E-state index >= 15 is 0 Å². The fraction of sp³-hybridized carbons (Fsp3) is 0.231. The molecule has 0 saturated carbocycles. The Hall–Kier alpha value is -0.670. The molecule has 0 amide bonds. The highest BCUT2D eigenvalue weighted by molar-refractivity contribution is 9.09. The lowest BCUT2D eigenvalue weighted by Crippen LogP contribution is -1.96. The zero-order valence-corrected chi connectivity index (χ0v) is 11.3. The van der Waals surface area contributed by atoms with Gasteiger partial charge in [-0.05, 0) is 52.9 Å². The number of thiophene rings is 1. The maximum absolute atomic E-state index is 13.0. The maximum atomic E-state index is 13.0. The molecule has 84 valence electrons. The van der Waals surface area contributed by atoms with E-state index in [0.717, 1.165) is 12.0 Å². The van der Waals surface area contributed by atoms with Crippen LogP contribution in [-0.4, -0.2) is 0 Å². The second-order valence-electron chi connectivity index (χ2n) is 3.81. The summed E-state index contributed by atoms with van der Waals surface area (Å²) in [4.78, 5) is 0.264. The molecule has 2 rings (SSSR count). The van der Waals surface area contributed by atoms with Crippen molar-refractivity contribution in [3.8, 4) is 0 Å². The van der Waals surface area contributed by atoms with Gasteiger partial charge in [-0.1, -0.05) is 28.1 Å². The summed E-state index contributed by atoms with van der Waals surface area (Å²) in [5.41, 5.74) is 3.62. The molecular formula is C13H12BrFS. The minimum atomic E-state index is -0.167. The molecule has 0 aliphatic carbocycles. The maximum Gasteiger partial charge on any atom is 0.123 e. The van der Waals surface area contributed by atoms with Crippen LogP contribution in [-0.2, 0) is 6.42 Å². The monoisotopic (exact) mass is 298 g/mol. The van der Waals surface area contributed by atoms with Gasteiger partial charge >= 0.3 is 0 Å². The summed E-state index contributed by atoms with van der Waals surface area (Å²) in [6, 6.07) is 6.78. The van der Waals surface area contributed by atoms with Gasteiger partial charge in [-0.2, -0.15) is 11.3 Å². The number of alkyl halides is 1. The lowest BCUT2D eigenvalue weighted by Gasteiger charge is -2.09. The predicted molar refractivity (Wildman–Crippen MR) is 70.8 cm³/mol. The van der Waals surface area contributed by atoms with E-state index in [9.17, 15) is 4.39 Å². The quantitative estimate of drug-likeness (QED) is 0.709. The van der Waals surface area contributed by atoms with Gasteiger partial charge in [-0.15, -0.1) is 0 Å². The van der Waals surface area contributed by atoms with Crippen LogP contribution in [0.25, 0.3) is 0 Å². The second kappa shape index (κ2) is 5.11. The summed E-state index contributed by atoms with van der Waals surface area (Å²) in [7, 11) is 0. The van der Waals surface area contributed by atoms with Crippen LogP contribution in [0.2, 0.25) is 0 Å². The summed E-state index contributed by atoms with van der Waals surface area (Å²) < 4.78 is 13.0. The van der Waals surface area contributed by atoms with Gasteiger partial charge in [-0.3, -0.25) is 0 Å². The number of halogens is 2. The van der Waals surface area contributed by atoms with Gasteiger partial charge in [0.15, 0.2) is 0 Å². The largest absolute Gasteiger partial charge is 0.207 e. The summed E-state index contributed by atoms with van der Waals surface area (Å²) in [6.07, 6.45) is 0.815. The van der Waals surface area contributed by atoms with E-state index in [1.165, 1.54) is 17.2 Å². The molecule has 1 aromatic carbocycles. The van der Waals surface area contributed by atoms with Gasteiger partial charge in [-0.25, -0.2) is 4.39 Å². The Morgan fingerprint density at radius 3 is 2.81 bits per heavy atom. The SMILES string of the molecule is Cc1cscc1C(Br)Cc1cccc(F)c1. The minimum Gasteiger partial charge on any atom is -0.207 e. The Labute approximate surface area is 107 Å². The molecule has 1 atom stereocenters. The molecular weight excluding hydrogens is 287 g/mol. The predicted octanol–water partition coefficient (Wildman–Crippen LogP) is 4.87. The van der Waals surface area contributed by atoms with Crippen molar-refractivity contribution in [3.63, 3.8) is 0 Å². The van der Waals surface area contributed by atoms with Gasteiger partial charge < -0.3 is 0 Å². The fourth-order valence-electron chi connectivity index (χ4n) is 1.67. The Bertz CT molecular complexity index is 478. The molecule has 3 heteroatoms. The van der Waals surface area contributed by atoms with E-state index < -0.39 is 0 Å². The zero-order valence-electron chi connectivity index (χ0n) is 8.91. The lowest BCUT2D eigenvalue weighted by atomic mass is 10.0. The summed E-state index contributed by atoms with van der Waals surface area (Å²) in [6.45, 7) is 2.10. The number of rotatable bonds is 3. The van der Waals surface area contributed by atoms with Crippen molar-refractivity contribution in [2.45, 2.75) is 18.2 Å². The highest BCUT2D eigenvalue weighted by Gasteiger charge is 2.11. The first-order chi connectivity index (χ1) is 7.66. The van der Waals surface area contributed by atoms with Crippen molar-refractivity contribution >= 4 is 27.3 Å². The van der Waals surface area contributed by atoms with E-state index in [0.29, 0.717) is 0 Å². The molecule has 1 unspecified atom stereocenters. The van der Waals surface area contributed by atoms with Gasteiger partial charge in [0.1, 0.15) is 5.82 Å². The van der Waals surface area contributed by atoms with Gasteiger partial charge in [0.25, 0.3) is 0 Å². The van der Waals surface area contributed by atoms with Crippen molar-refractivity contribution in [2.24, 2.45) is 0 Å². The molecule has 0 bridgehead atoms. The molecule has 0 aliphatic heterocycles. The number of benzene rings is 1. The zero-order chi connectivity index (χ0) is 11.5. The topological polar surface area (TPSA) is 0 Å². The molecule has 0 fully saturated rings. The third-order valence-electron chi connectivity index (χ3n) is 2.54. The van der Waals surface area contributed by atoms with Crippen LogP contribution in [0.3, 0.4) is 0 Å². The van der Waals surface area contributed by atoms with Crippen molar-refractivity contribution in [1.29, 1.82) is 0 Å². The van der Waals surface area contributed by atoms with Crippen LogP contribution in [0, 0.1) is 12.7 Å². The van der Waals surface area contributed by atoms with Crippen LogP contribution in [0.1, 0.15) is 21.5 Å². The van der Waals surface area contributed by atoms with Crippen molar-refractivity contribution in [3.05, 3.63) is 57.5 Å². The molecule has 0 nitrogen and oxygen atoms in total. The highest BCUT2D eigenvalue weighted by Crippen LogP contribution is 2.31. The average Bonchev–Trinajstić information content (AvgIpc) is 2.64. The van der Waals surface area contributed by atoms with Crippen LogP contribution in [0.15, 0.2) is 35.0 Å². The molecule has 0 aliphatic rings. The molecule has 16 heavy (non-hydrogen) atoms. The van der Waals surface area contributed by atoms with E-state index in [1.54, 1.807) is 23.5 Å². The first kappa shape index (κ1) is 11.8. The summed E-state index contributed by atoms with van der Waals surface area (Å²) in [5, 5.41) is 4.28. The van der Waals surface area contributed by atoms with Crippen LogP contribution in [0.5, 0.6) is 0 Å². The lowest BCUT2D eigenvalue weighted by molar-refractivity contribution is 0.625. The van der Waals surface area contributed by atoms with Crippen molar-refractivity contribution in [1.82, 2.24) is 0 Å². The third-order valence-corrected chi connectivity index (χ3v) is 4.23. The number of hydrogen-bond acceptors (Lipinski definition) is 1. The Morgan fingerprint density at radius 1 is 1.38 bits per heavy atom. The fourth-order valence-corrected chi connectivity index (χ4v) is 3.62. The number of hydrogen-bond donors (Lipinski definition) is 0. The summed E-state index contributed by atoms with van der Waals surface area (Å²) in [5.74, 6) is -0.167. The Morgan fingerprint density at radius 2 is 2.19 bits per heavy atom. The minimum absolute atomic E-state index is 0.167. The van der Waals surface area contributed by atoms with Crippen LogP contribution >= 0.6 is 27.3 Å². The smallest absolute Gasteiger partial charge is 0.123 e. The van der Waals surface area contributed by atoms with Gasteiger partial charge in [0.2, 0.25) is 0 Å². The highest BCUT2D eigenvalue weighted by atomic mass is 79.9. The Kier molecular flexibility index (Phi) is 3.77. The first-order valence-electron chi connectivity index (χ1n) is 5.08. The van der Waals surface area contributed by atoms with E-state index in [2.05, 4.69) is 33.6 Å². The van der Waals surface area contributed by atoms with Crippen molar-refractivity contribution in [2.75, 3.05) is 0 Å². The first-order valence-corrected chi connectivity index (χ1v) is 6.94. The number of aryl methyl sites for hydroxylation is 1. The van der Waals surface area contributed by atoms with Gasteiger partial charge in [0, 0.05) is 4.83 Å². The molecule has 0 saturated heterocycles. The van der Waals surface area contributed by atoms with E-state index in [-0.39, 0.29) is 10.6 Å². The normalized spacial score (nSPS) is 12.7. The molecule has 1 aromatic heterocycles. The molecule has 1 heterocycles. The van der Waals surface area contributed by atoms with Crippen LogP contribution < -0.4 is 0 Å². The molecule has 0 N–H and O–H groups in total. The van der Waals surface area contributed by atoms with Crippen LogP contribution in [0.4, 0.5) is 4.39 Å². The van der Waals surface area contributed by atoms with Gasteiger partial charge in [0.05, 0.1) is 0 Å². The third kappa shape index (κ3) is 2.71. The average molecular weight is 299 g/mol. The van der Waals surface area contributed by atoms with Crippen molar-refractivity contribution < 1.29 is 4.39 Å². The summed E-state index contributed by atoms with van der Waals surface area (Å²) >= 11 is 5.37. The Balaban J connectivity index is 2.14.